The summed E-state index contributed by atoms with van der Waals surface area (Å²) >= 11 is 0. The summed E-state index contributed by atoms with van der Waals surface area (Å²) in [6.07, 6.45) is 7.34. The highest BCUT2D eigenvalue weighted by Crippen LogP contribution is 2.23. The quantitative estimate of drug-likeness (QED) is 0.916. The molecule has 0 unspecified atom stereocenters. The number of rotatable bonds is 4. The molecule has 1 fully saturated rings. The lowest BCUT2D eigenvalue weighted by atomic mass is 9.86. The van der Waals surface area contributed by atoms with Crippen molar-refractivity contribution in [1.82, 2.24) is 15.3 Å². The van der Waals surface area contributed by atoms with Gasteiger partial charge in [-0.05, 0) is 41.9 Å². The third kappa shape index (κ3) is 4.59. The van der Waals surface area contributed by atoms with E-state index < -0.39 is 0 Å². The summed E-state index contributed by atoms with van der Waals surface area (Å²) < 4.78 is 0. The first kappa shape index (κ1) is 18.4. The maximum absolute atomic E-state index is 12.4. The Bertz CT molecular complexity index is 714. The largest absolute Gasteiger partial charge is 0.355 e. The molecule has 2 heterocycles. The number of carbonyl (C=O) groups excluding carboxylic acids is 1. The van der Waals surface area contributed by atoms with Gasteiger partial charge in [0.1, 0.15) is 5.82 Å². The lowest BCUT2D eigenvalue weighted by Crippen LogP contribution is -2.39. The molecular weight excluding hydrogens is 324 g/mol. The molecule has 1 aromatic heterocycles. The minimum Gasteiger partial charge on any atom is -0.355 e. The Labute approximate surface area is 155 Å². The Morgan fingerprint density at radius 2 is 1.85 bits per heavy atom. The normalized spacial score (nSPS) is 15.7. The van der Waals surface area contributed by atoms with Gasteiger partial charge in [-0.2, -0.15) is 0 Å². The van der Waals surface area contributed by atoms with Crippen LogP contribution in [0.5, 0.6) is 0 Å². The molecule has 0 atom stereocenters. The highest BCUT2D eigenvalue weighted by atomic mass is 16.1. The number of piperidine rings is 1. The molecule has 1 aromatic carbocycles. The predicted molar refractivity (Wildman–Crippen MR) is 104 cm³/mol. The summed E-state index contributed by atoms with van der Waals surface area (Å²) in [5, 5.41) is 3.10. The van der Waals surface area contributed by atoms with Gasteiger partial charge in [0, 0.05) is 37.6 Å². The SMILES string of the molecule is CC(C)(C)c1ccc(C(=O)NCC2CCN(c3cnccn3)CC2)cc1. The van der Waals surface area contributed by atoms with Crippen LogP contribution in [0.4, 0.5) is 5.82 Å². The molecule has 5 nitrogen and oxygen atoms in total. The maximum Gasteiger partial charge on any atom is 0.251 e. The third-order valence-electron chi connectivity index (χ3n) is 5.05. The van der Waals surface area contributed by atoms with Gasteiger partial charge in [-0.3, -0.25) is 9.78 Å². The molecule has 1 saturated heterocycles. The standard InChI is InChI=1S/C21H28N4O/c1-21(2,3)18-6-4-17(5-7-18)20(26)24-14-16-8-12-25(13-9-16)19-15-22-10-11-23-19/h4-7,10-11,15-16H,8-9,12-14H2,1-3H3,(H,24,26). The molecule has 138 valence electrons. The zero-order valence-electron chi connectivity index (χ0n) is 15.9. The van der Waals surface area contributed by atoms with E-state index in [4.69, 9.17) is 0 Å². The monoisotopic (exact) mass is 352 g/mol. The fourth-order valence-corrected chi connectivity index (χ4v) is 3.28. The Kier molecular flexibility index (Phi) is 5.55. The third-order valence-corrected chi connectivity index (χ3v) is 5.05. The number of carbonyl (C=O) groups is 1. The van der Waals surface area contributed by atoms with E-state index in [9.17, 15) is 4.79 Å². The molecule has 0 radical (unpaired) electrons. The lowest BCUT2D eigenvalue weighted by molar-refractivity contribution is 0.0945. The summed E-state index contributed by atoms with van der Waals surface area (Å²) in [6, 6.07) is 7.95. The first-order chi connectivity index (χ1) is 12.4. The molecule has 1 aliphatic rings. The molecule has 5 heteroatoms. The van der Waals surface area contributed by atoms with Gasteiger partial charge in [0.2, 0.25) is 0 Å². The molecule has 26 heavy (non-hydrogen) atoms. The van der Waals surface area contributed by atoms with Crippen LogP contribution in [0, 0.1) is 5.92 Å². The van der Waals surface area contributed by atoms with Crippen LogP contribution in [0.15, 0.2) is 42.9 Å². The number of hydrogen-bond acceptors (Lipinski definition) is 4. The average Bonchev–Trinajstić information content (AvgIpc) is 2.66. The van der Waals surface area contributed by atoms with Crippen molar-refractivity contribution in [3.05, 3.63) is 54.0 Å². The zero-order chi connectivity index (χ0) is 18.6. The average molecular weight is 352 g/mol. The van der Waals surface area contributed by atoms with Crippen molar-refractivity contribution in [2.24, 2.45) is 5.92 Å². The highest BCUT2D eigenvalue weighted by Gasteiger charge is 2.21. The van der Waals surface area contributed by atoms with Crippen LogP contribution in [0.1, 0.15) is 49.5 Å². The van der Waals surface area contributed by atoms with Gasteiger partial charge < -0.3 is 10.2 Å². The second-order valence-corrected chi connectivity index (χ2v) is 8.03. The van der Waals surface area contributed by atoms with E-state index in [0.29, 0.717) is 5.92 Å². The topological polar surface area (TPSA) is 58.1 Å². The van der Waals surface area contributed by atoms with Crippen molar-refractivity contribution in [3.63, 3.8) is 0 Å². The molecule has 0 spiro atoms. The summed E-state index contributed by atoms with van der Waals surface area (Å²) in [7, 11) is 0. The molecule has 1 aliphatic heterocycles. The van der Waals surface area contributed by atoms with E-state index in [1.807, 2.05) is 30.5 Å². The van der Waals surface area contributed by atoms with Crippen LogP contribution >= 0.6 is 0 Å². The van der Waals surface area contributed by atoms with E-state index in [2.05, 4.69) is 41.0 Å². The fourth-order valence-electron chi connectivity index (χ4n) is 3.28. The van der Waals surface area contributed by atoms with Gasteiger partial charge in [-0.1, -0.05) is 32.9 Å². The Morgan fingerprint density at radius 3 is 2.42 bits per heavy atom. The Hall–Kier alpha value is -2.43. The molecule has 1 amide bonds. The van der Waals surface area contributed by atoms with Gasteiger partial charge in [-0.15, -0.1) is 0 Å². The van der Waals surface area contributed by atoms with Crippen molar-refractivity contribution in [2.75, 3.05) is 24.5 Å². The minimum absolute atomic E-state index is 0.0156. The van der Waals surface area contributed by atoms with E-state index in [-0.39, 0.29) is 11.3 Å². The number of hydrogen-bond donors (Lipinski definition) is 1. The lowest BCUT2D eigenvalue weighted by Gasteiger charge is -2.32. The van der Waals surface area contributed by atoms with Crippen LogP contribution < -0.4 is 10.2 Å². The first-order valence-electron chi connectivity index (χ1n) is 9.33. The second kappa shape index (κ2) is 7.85. The maximum atomic E-state index is 12.4. The molecular formula is C21H28N4O. The van der Waals surface area contributed by atoms with E-state index >= 15 is 0 Å². The number of anilines is 1. The van der Waals surface area contributed by atoms with Gasteiger partial charge in [0.15, 0.2) is 0 Å². The number of amides is 1. The molecule has 0 saturated carbocycles. The zero-order valence-corrected chi connectivity index (χ0v) is 15.9. The van der Waals surface area contributed by atoms with Crippen molar-refractivity contribution in [2.45, 2.75) is 39.0 Å². The second-order valence-electron chi connectivity index (χ2n) is 8.03. The molecule has 3 rings (SSSR count). The van der Waals surface area contributed by atoms with Crippen LogP contribution in [0.2, 0.25) is 0 Å². The van der Waals surface area contributed by atoms with Gasteiger partial charge in [0.25, 0.3) is 5.91 Å². The molecule has 0 aliphatic carbocycles. The highest BCUT2D eigenvalue weighted by molar-refractivity contribution is 5.94. The summed E-state index contributed by atoms with van der Waals surface area (Å²) in [4.78, 5) is 23.1. The number of benzene rings is 1. The van der Waals surface area contributed by atoms with Gasteiger partial charge in [-0.25, -0.2) is 4.98 Å². The molecule has 2 aromatic rings. The molecule has 1 N–H and O–H groups in total. The summed E-state index contributed by atoms with van der Waals surface area (Å²) in [6.45, 7) is 9.17. The summed E-state index contributed by atoms with van der Waals surface area (Å²) in [5.74, 6) is 1.47. The van der Waals surface area contributed by atoms with Crippen molar-refractivity contribution in [3.8, 4) is 0 Å². The van der Waals surface area contributed by atoms with Gasteiger partial charge >= 0.3 is 0 Å². The van der Waals surface area contributed by atoms with E-state index in [0.717, 1.165) is 43.9 Å². The van der Waals surface area contributed by atoms with Crippen LogP contribution in [-0.4, -0.2) is 35.5 Å². The van der Waals surface area contributed by atoms with Crippen LogP contribution in [-0.2, 0) is 5.41 Å². The van der Waals surface area contributed by atoms with Gasteiger partial charge in [0.05, 0.1) is 6.20 Å². The number of nitrogens with zero attached hydrogens (tertiary/aromatic N) is 3. The van der Waals surface area contributed by atoms with Crippen molar-refractivity contribution in [1.29, 1.82) is 0 Å². The fraction of sp³-hybridized carbons (Fsp3) is 0.476. The summed E-state index contributed by atoms with van der Waals surface area (Å²) in [5.41, 5.74) is 2.08. The van der Waals surface area contributed by atoms with E-state index in [1.165, 1.54) is 5.56 Å². The number of nitrogens with one attached hydrogen (secondary N) is 1. The predicted octanol–water partition coefficient (Wildman–Crippen LogP) is 3.42. The van der Waals surface area contributed by atoms with Crippen molar-refractivity contribution >= 4 is 11.7 Å². The first-order valence-corrected chi connectivity index (χ1v) is 9.33. The molecule has 0 bridgehead atoms. The van der Waals surface area contributed by atoms with Crippen molar-refractivity contribution < 1.29 is 4.79 Å². The minimum atomic E-state index is 0.0156. The Balaban J connectivity index is 1.47. The number of aromatic nitrogens is 2. The van der Waals surface area contributed by atoms with E-state index in [1.54, 1.807) is 12.4 Å². The Morgan fingerprint density at radius 1 is 1.15 bits per heavy atom. The van der Waals surface area contributed by atoms with Crippen LogP contribution in [0.25, 0.3) is 0 Å². The van der Waals surface area contributed by atoms with Crippen LogP contribution in [0.3, 0.4) is 0 Å². The smallest absolute Gasteiger partial charge is 0.251 e.